The molecule has 0 N–H and O–H groups in total. The molecule has 0 radical (unpaired) electrons. The van der Waals surface area contributed by atoms with Gasteiger partial charge in [-0.1, -0.05) is 53.5 Å². The molecule has 2 aromatic rings. The summed E-state index contributed by atoms with van der Waals surface area (Å²) in [6.07, 6.45) is 1.77. The minimum atomic E-state index is 0.555. The second-order valence-corrected chi connectivity index (χ2v) is 4.11. The largest absolute Gasteiger partial charge is 0.255 e. The second-order valence-electron chi connectivity index (χ2n) is 3.26. The summed E-state index contributed by atoms with van der Waals surface area (Å²) in [7, 11) is 0. The third-order valence-electron chi connectivity index (χ3n) is 2.06. The zero-order valence-corrected chi connectivity index (χ0v) is 9.91. The fourth-order valence-electron chi connectivity index (χ4n) is 1.27. The standard InChI is InChI=1S/C13H9Cl2N/c14-11-6-7-13(12(15)8-11)16-9-10-4-2-1-3-5-10/h1-9H. The van der Waals surface area contributed by atoms with Crippen molar-refractivity contribution in [3.8, 4) is 0 Å². The van der Waals surface area contributed by atoms with Crippen molar-refractivity contribution in [2.24, 2.45) is 4.99 Å². The first-order valence-corrected chi connectivity index (χ1v) is 5.55. The van der Waals surface area contributed by atoms with Crippen LogP contribution in [0, 0.1) is 0 Å². The van der Waals surface area contributed by atoms with Crippen molar-refractivity contribution in [1.82, 2.24) is 0 Å². The second kappa shape index (κ2) is 5.15. The van der Waals surface area contributed by atoms with Gasteiger partial charge in [0, 0.05) is 11.2 Å². The Balaban J connectivity index is 2.24. The molecule has 0 saturated carbocycles. The molecule has 0 atom stereocenters. The van der Waals surface area contributed by atoms with Crippen LogP contribution in [0.5, 0.6) is 0 Å². The predicted molar refractivity (Wildman–Crippen MR) is 70.2 cm³/mol. The van der Waals surface area contributed by atoms with Gasteiger partial charge in [-0.2, -0.15) is 0 Å². The van der Waals surface area contributed by atoms with E-state index in [2.05, 4.69) is 4.99 Å². The molecular weight excluding hydrogens is 241 g/mol. The minimum Gasteiger partial charge on any atom is -0.255 e. The molecule has 16 heavy (non-hydrogen) atoms. The van der Waals surface area contributed by atoms with E-state index >= 15 is 0 Å². The molecule has 3 heteroatoms. The summed E-state index contributed by atoms with van der Waals surface area (Å²) in [5, 5.41) is 1.17. The van der Waals surface area contributed by atoms with Gasteiger partial charge in [-0.3, -0.25) is 4.99 Å². The van der Waals surface area contributed by atoms with Gasteiger partial charge < -0.3 is 0 Å². The molecule has 1 nitrogen and oxygen atoms in total. The zero-order valence-electron chi connectivity index (χ0n) is 8.40. The summed E-state index contributed by atoms with van der Waals surface area (Å²) in [6, 6.07) is 15.1. The Bertz CT molecular complexity index is 507. The number of rotatable bonds is 2. The van der Waals surface area contributed by atoms with Crippen molar-refractivity contribution < 1.29 is 0 Å². The van der Waals surface area contributed by atoms with Crippen molar-refractivity contribution in [2.45, 2.75) is 0 Å². The fraction of sp³-hybridized carbons (Fsp3) is 0. The lowest BCUT2D eigenvalue weighted by Gasteiger charge is -1.98. The lowest BCUT2D eigenvalue weighted by atomic mass is 10.2. The van der Waals surface area contributed by atoms with Crippen molar-refractivity contribution in [3.05, 3.63) is 64.1 Å². The molecule has 0 aliphatic carbocycles. The normalized spacial score (nSPS) is 10.9. The topological polar surface area (TPSA) is 12.4 Å². The summed E-state index contributed by atoms with van der Waals surface area (Å²) < 4.78 is 0. The fourth-order valence-corrected chi connectivity index (χ4v) is 1.73. The van der Waals surface area contributed by atoms with Crippen molar-refractivity contribution in [3.63, 3.8) is 0 Å². The maximum atomic E-state index is 6.00. The molecule has 80 valence electrons. The van der Waals surface area contributed by atoms with Gasteiger partial charge in [0.1, 0.15) is 0 Å². The van der Waals surface area contributed by atoms with Crippen molar-refractivity contribution >= 4 is 35.1 Å². The Morgan fingerprint density at radius 3 is 2.38 bits per heavy atom. The molecule has 0 unspecified atom stereocenters. The molecule has 0 bridgehead atoms. The van der Waals surface area contributed by atoms with Gasteiger partial charge in [0.05, 0.1) is 10.7 Å². The van der Waals surface area contributed by atoms with E-state index in [1.807, 2.05) is 30.3 Å². The summed E-state index contributed by atoms with van der Waals surface area (Å²) >= 11 is 11.8. The number of nitrogens with zero attached hydrogens (tertiary/aromatic N) is 1. The molecule has 0 heterocycles. The number of hydrogen-bond donors (Lipinski definition) is 0. The minimum absolute atomic E-state index is 0.555. The van der Waals surface area contributed by atoms with Gasteiger partial charge in [-0.25, -0.2) is 0 Å². The molecule has 0 saturated heterocycles. The number of halogens is 2. The van der Waals surface area contributed by atoms with E-state index < -0.39 is 0 Å². The summed E-state index contributed by atoms with van der Waals surface area (Å²) in [5.74, 6) is 0. The first-order chi connectivity index (χ1) is 7.75. The van der Waals surface area contributed by atoms with Crippen LogP contribution in [0.2, 0.25) is 10.0 Å². The number of hydrogen-bond acceptors (Lipinski definition) is 1. The van der Waals surface area contributed by atoms with Crippen LogP contribution >= 0.6 is 23.2 Å². The molecule has 0 spiro atoms. The Morgan fingerprint density at radius 1 is 0.938 bits per heavy atom. The lowest BCUT2D eigenvalue weighted by Crippen LogP contribution is -1.78. The Hall–Kier alpha value is -1.31. The summed E-state index contributed by atoms with van der Waals surface area (Å²) in [4.78, 5) is 4.30. The van der Waals surface area contributed by atoms with Crippen LogP contribution in [-0.2, 0) is 0 Å². The monoisotopic (exact) mass is 249 g/mol. The summed E-state index contributed by atoms with van der Waals surface area (Å²) in [5.41, 5.74) is 1.75. The van der Waals surface area contributed by atoms with Crippen LogP contribution in [0.15, 0.2) is 53.5 Å². The molecule has 0 aromatic heterocycles. The first-order valence-electron chi connectivity index (χ1n) is 4.80. The Labute approximate surface area is 104 Å². The lowest BCUT2D eigenvalue weighted by molar-refractivity contribution is 1.52. The van der Waals surface area contributed by atoms with E-state index in [4.69, 9.17) is 23.2 Å². The van der Waals surface area contributed by atoms with E-state index in [-0.39, 0.29) is 0 Å². The third-order valence-corrected chi connectivity index (χ3v) is 2.60. The van der Waals surface area contributed by atoms with E-state index in [0.717, 1.165) is 11.3 Å². The highest BCUT2D eigenvalue weighted by atomic mass is 35.5. The zero-order chi connectivity index (χ0) is 11.4. The van der Waals surface area contributed by atoms with E-state index in [0.29, 0.717) is 10.0 Å². The molecule has 0 aliphatic heterocycles. The maximum absolute atomic E-state index is 6.00. The Morgan fingerprint density at radius 2 is 1.69 bits per heavy atom. The van der Waals surface area contributed by atoms with Crippen LogP contribution in [0.3, 0.4) is 0 Å². The highest BCUT2D eigenvalue weighted by Gasteiger charge is 1.98. The number of aliphatic imine (C=N–C) groups is 1. The van der Waals surface area contributed by atoms with E-state index in [1.54, 1.807) is 24.4 Å². The molecule has 0 aliphatic rings. The van der Waals surface area contributed by atoms with Gasteiger partial charge >= 0.3 is 0 Å². The summed E-state index contributed by atoms with van der Waals surface area (Å²) in [6.45, 7) is 0. The van der Waals surface area contributed by atoms with Crippen molar-refractivity contribution in [2.75, 3.05) is 0 Å². The molecule has 0 amide bonds. The number of benzene rings is 2. The van der Waals surface area contributed by atoms with Crippen LogP contribution in [0.4, 0.5) is 5.69 Å². The quantitative estimate of drug-likeness (QED) is 0.682. The maximum Gasteiger partial charge on any atom is 0.0817 e. The van der Waals surface area contributed by atoms with Gasteiger partial charge in [-0.05, 0) is 23.8 Å². The third kappa shape index (κ3) is 2.84. The Kier molecular flexibility index (Phi) is 3.60. The van der Waals surface area contributed by atoms with Gasteiger partial charge in [-0.15, -0.1) is 0 Å². The van der Waals surface area contributed by atoms with Gasteiger partial charge in [0.15, 0.2) is 0 Å². The van der Waals surface area contributed by atoms with Crippen LogP contribution < -0.4 is 0 Å². The first kappa shape index (κ1) is 11.2. The smallest absolute Gasteiger partial charge is 0.0817 e. The van der Waals surface area contributed by atoms with E-state index in [9.17, 15) is 0 Å². The predicted octanol–water partition coefficient (Wildman–Crippen LogP) is 4.74. The molecular formula is C13H9Cl2N. The van der Waals surface area contributed by atoms with Crippen LogP contribution in [0.25, 0.3) is 0 Å². The average molecular weight is 250 g/mol. The van der Waals surface area contributed by atoms with E-state index in [1.165, 1.54) is 0 Å². The van der Waals surface area contributed by atoms with Gasteiger partial charge in [0.2, 0.25) is 0 Å². The molecule has 2 rings (SSSR count). The van der Waals surface area contributed by atoms with Crippen LogP contribution in [-0.4, -0.2) is 6.21 Å². The highest BCUT2D eigenvalue weighted by Crippen LogP contribution is 2.27. The SMILES string of the molecule is Clc1ccc(N=Cc2ccccc2)c(Cl)c1. The van der Waals surface area contributed by atoms with Gasteiger partial charge in [0.25, 0.3) is 0 Å². The molecule has 2 aromatic carbocycles. The molecule has 0 fully saturated rings. The highest BCUT2D eigenvalue weighted by molar-refractivity contribution is 6.36. The average Bonchev–Trinajstić information content (AvgIpc) is 2.29. The van der Waals surface area contributed by atoms with Crippen molar-refractivity contribution in [1.29, 1.82) is 0 Å². The van der Waals surface area contributed by atoms with Crippen LogP contribution in [0.1, 0.15) is 5.56 Å².